The van der Waals surface area contributed by atoms with Crippen molar-refractivity contribution in [2.75, 3.05) is 30.3 Å². The monoisotopic (exact) mass is 415 g/mol. The number of rotatable bonds is 7. The molecule has 2 rings (SSSR count). The Morgan fingerprint density at radius 3 is 2.19 bits per heavy atom. The maximum atomic E-state index is 13.6. The van der Waals surface area contributed by atoms with E-state index in [1.807, 2.05) is 0 Å². The number of amides is 2. The molecule has 27 heavy (non-hydrogen) atoms. The molecule has 0 fully saturated rings. The summed E-state index contributed by atoms with van der Waals surface area (Å²) in [7, 11) is 0. The molecule has 0 aromatic heterocycles. The highest BCUT2D eigenvalue weighted by molar-refractivity contribution is 6.39. The Morgan fingerprint density at radius 1 is 1.00 bits per heavy atom. The number of carbonyl (C=O) groups excluding carboxylic acids is 2. The highest BCUT2D eigenvalue weighted by Crippen LogP contribution is 2.29. The van der Waals surface area contributed by atoms with Crippen LogP contribution in [-0.2, 0) is 9.59 Å². The lowest BCUT2D eigenvalue weighted by atomic mass is 10.3. The number of halogens is 4. The highest BCUT2D eigenvalue weighted by Gasteiger charge is 2.16. The standard InChI is InChI=1S/C18H17Cl2F2N3O2/c1-2-25(9-16(26)23-15-8-11(21)6-7-14(15)22)10-17(27)24-18-12(19)4-3-5-13(18)20/h3-8H,2,9-10H2,1H3,(H,23,26)(H,24,27). The Morgan fingerprint density at radius 2 is 1.59 bits per heavy atom. The first kappa shape index (κ1) is 21.1. The molecule has 2 aromatic carbocycles. The maximum Gasteiger partial charge on any atom is 0.238 e. The number of hydrogen-bond donors (Lipinski definition) is 2. The van der Waals surface area contributed by atoms with Crippen molar-refractivity contribution >= 4 is 46.4 Å². The summed E-state index contributed by atoms with van der Waals surface area (Å²) in [5.41, 5.74) is 0.0246. The van der Waals surface area contributed by atoms with E-state index in [1.165, 1.54) is 4.90 Å². The second-order valence-electron chi connectivity index (χ2n) is 5.62. The maximum absolute atomic E-state index is 13.6. The zero-order valence-corrected chi connectivity index (χ0v) is 15.9. The van der Waals surface area contributed by atoms with E-state index in [2.05, 4.69) is 10.6 Å². The third-order valence-corrected chi connectivity index (χ3v) is 4.24. The number of carbonyl (C=O) groups is 2. The fraction of sp³-hybridized carbons (Fsp3) is 0.222. The van der Waals surface area contributed by atoms with Gasteiger partial charge in [-0.05, 0) is 30.8 Å². The summed E-state index contributed by atoms with van der Waals surface area (Å²) in [5.74, 6) is -2.42. The first-order chi connectivity index (χ1) is 12.8. The molecule has 0 radical (unpaired) electrons. The van der Waals surface area contributed by atoms with Crippen LogP contribution >= 0.6 is 23.2 Å². The molecule has 0 saturated heterocycles. The van der Waals surface area contributed by atoms with Crippen LogP contribution in [0.4, 0.5) is 20.2 Å². The molecule has 0 atom stereocenters. The van der Waals surface area contributed by atoms with Gasteiger partial charge < -0.3 is 10.6 Å². The number of likely N-dealkylation sites (N-methyl/N-ethyl adjacent to an activating group) is 1. The van der Waals surface area contributed by atoms with Gasteiger partial charge in [0.25, 0.3) is 0 Å². The van der Waals surface area contributed by atoms with Crippen molar-refractivity contribution in [3.8, 4) is 0 Å². The third kappa shape index (κ3) is 6.16. The summed E-state index contributed by atoms with van der Waals surface area (Å²) < 4.78 is 26.8. The van der Waals surface area contributed by atoms with Crippen molar-refractivity contribution in [1.82, 2.24) is 4.90 Å². The number of nitrogens with zero attached hydrogens (tertiary/aromatic N) is 1. The minimum atomic E-state index is -0.751. The summed E-state index contributed by atoms with van der Waals surface area (Å²) in [6.45, 7) is 1.84. The Kier molecular flexibility index (Phi) is 7.53. The van der Waals surface area contributed by atoms with E-state index < -0.39 is 23.4 Å². The molecule has 0 aliphatic heterocycles. The molecular formula is C18H17Cl2F2N3O2. The van der Waals surface area contributed by atoms with Crippen molar-refractivity contribution in [3.05, 3.63) is 58.1 Å². The molecule has 2 N–H and O–H groups in total. The van der Waals surface area contributed by atoms with Crippen LogP contribution < -0.4 is 10.6 Å². The SMILES string of the molecule is CCN(CC(=O)Nc1cc(F)ccc1F)CC(=O)Nc1c(Cl)cccc1Cl. The Balaban J connectivity index is 1.95. The predicted octanol–water partition coefficient (Wildman–Crippen LogP) is 4.17. The van der Waals surface area contributed by atoms with Crippen LogP contribution in [-0.4, -0.2) is 36.3 Å². The fourth-order valence-corrected chi connectivity index (χ4v) is 2.76. The second-order valence-corrected chi connectivity index (χ2v) is 6.43. The lowest BCUT2D eigenvalue weighted by Gasteiger charge is -2.20. The number of benzene rings is 2. The number of para-hydroxylation sites is 1. The van der Waals surface area contributed by atoms with Crippen LogP contribution in [0.3, 0.4) is 0 Å². The first-order valence-electron chi connectivity index (χ1n) is 8.01. The van der Waals surface area contributed by atoms with Crippen molar-refractivity contribution in [3.63, 3.8) is 0 Å². The van der Waals surface area contributed by atoms with Crippen LogP contribution in [0.1, 0.15) is 6.92 Å². The van der Waals surface area contributed by atoms with Gasteiger partial charge in [-0.2, -0.15) is 0 Å². The molecule has 2 amide bonds. The summed E-state index contributed by atoms with van der Waals surface area (Å²) in [6.07, 6.45) is 0. The third-order valence-electron chi connectivity index (χ3n) is 3.61. The topological polar surface area (TPSA) is 61.4 Å². The molecule has 2 aromatic rings. The molecule has 0 bridgehead atoms. The Labute approximate surface area is 165 Å². The molecule has 0 saturated carbocycles. The Bertz CT molecular complexity index is 829. The van der Waals surface area contributed by atoms with Gasteiger partial charge in [-0.1, -0.05) is 36.2 Å². The molecule has 0 spiro atoms. The van der Waals surface area contributed by atoms with Gasteiger partial charge in [0, 0.05) is 6.07 Å². The molecule has 144 valence electrons. The molecule has 5 nitrogen and oxygen atoms in total. The summed E-state index contributed by atoms with van der Waals surface area (Å²) >= 11 is 12.0. The summed E-state index contributed by atoms with van der Waals surface area (Å²) in [4.78, 5) is 25.8. The van der Waals surface area contributed by atoms with Crippen LogP contribution in [0, 0.1) is 11.6 Å². The van der Waals surface area contributed by atoms with Gasteiger partial charge in [-0.15, -0.1) is 0 Å². The average molecular weight is 416 g/mol. The van der Waals surface area contributed by atoms with Gasteiger partial charge in [-0.3, -0.25) is 14.5 Å². The number of anilines is 2. The molecule has 0 aliphatic carbocycles. The Hall–Kier alpha value is -2.22. The predicted molar refractivity (Wildman–Crippen MR) is 102 cm³/mol. The minimum absolute atomic E-state index is 0.114. The summed E-state index contributed by atoms with van der Waals surface area (Å²) in [6, 6.07) is 7.57. The van der Waals surface area contributed by atoms with Crippen molar-refractivity contribution in [1.29, 1.82) is 0 Å². The lowest BCUT2D eigenvalue weighted by molar-refractivity contribution is -0.119. The van der Waals surface area contributed by atoms with Gasteiger partial charge in [0.2, 0.25) is 11.8 Å². The van der Waals surface area contributed by atoms with E-state index in [9.17, 15) is 18.4 Å². The summed E-state index contributed by atoms with van der Waals surface area (Å²) in [5, 5.41) is 5.46. The normalized spacial score (nSPS) is 10.7. The molecular weight excluding hydrogens is 399 g/mol. The van der Waals surface area contributed by atoms with E-state index in [4.69, 9.17) is 23.2 Å². The highest BCUT2D eigenvalue weighted by atomic mass is 35.5. The van der Waals surface area contributed by atoms with Gasteiger partial charge >= 0.3 is 0 Å². The van der Waals surface area contributed by atoms with Gasteiger partial charge in [0.1, 0.15) is 11.6 Å². The van der Waals surface area contributed by atoms with E-state index >= 15 is 0 Å². The molecule has 0 heterocycles. The molecule has 9 heteroatoms. The van der Waals surface area contributed by atoms with E-state index in [0.29, 0.717) is 16.6 Å². The van der Waals surface area contributed by atoms with Gasteiger partial charge in [0.05, 0.1) is 34.5 Å². The molecule has 0 unspecified atom stereocenters. The lowest BCUT2D eigenvalue weighted by Crippen LogP contribution is -2.38. The minimum Gasteiger partial charge on any atom is -0.322 e. The van der Waals surface area contributed by atoms with Gasteiger partial charge in [-0.25, -0.2) is 8.78 Å². The zero-order valence-electron chi connectivity index (χ0n) is 14.4. The van der Waals surface area contributed by atoms with Crippen LogP contribution in [0.25, 0.3) is 0 Å². The van der Waals surface area contributed by atoms with Gasteiger partial charge in [0.15, 0.2) is 0 Å². The second kappa shape index (κ2) is 9.64. The smallest absolute Gasteiger partial charge is 0.238 e. The van der Waals surface area contributed by atoms with E-state index in [-0.39, 0.29) is 24.5 Å². The van der Waals surface area contributed by atoms with Crippen molar-refractivity contribution in [2.45, 2.75) is 6.92 Å². The average Bonchev–Trinajstić information content (AvgIpc) is 2.61. The quantitative estimate of drug-likeness (QED) is 0.713. The van der Waals surface area contributed by atoms with Crippen molar-refractivity contribution in [2.24, 2.45) is 0 Å². The fourth-order valence-electron chi connectivity index (χ4n) is 2.26. The first-order valence-corrected chi connectivity index (χ1v) is 8.77. The number of nitrogens with one attached hydrogen (secondary N) is 2. The molecule has 0 aliphatic rings. The van der Waals surface area contributed by atoms with Crippen LogP contribution in [0.15, 0.2) is 36.4 Å². The van der Waals surface area contributed by atoms with Crippen LogP contribution in [0.5, 0.6) is 0 Å². The zero-order chi connectivity index (χ0) is 20.0. The van der Waals surface area contributed by atoms with E-state index in [0.717, 1.165) is 18.2 Å². The van der Waals surface area contributed by atoms with Crippen LogP contribution in [0.2, 0.25) is 10.0 Å². The van der Waals surface area contributed by atoms with Crippen molar-refractivity contribution < 1.29 is 18.4 Å². The van der Waals surface area contributed by atoms with E-state index in [1.54, 1.807) is 25.1 Å². The number of hydrogen-bond acceptors (Lipinski definition) is 3. The largest absolute Gasteiger partial charge is 0.322 e.